The lowest BCUT2D eigenvalue weighted by Crippen LogP contribution is -2.29. The topological polar surface area (TPSA) is 49.8 Å². The predicted octanol–water partition coefficient (Wildman–Crippen LogP) is 3.31. The van der Waals surface area contributed by atoms with Gasteiger partial charge in [0.1, 0.15) is 5.82 Å². The van der Waals surface area contributed by atoms with Gasteiger partial charge in [-0.05, 0) is 20.8 Å². The molecule has 0 fully saturated rings. The third kappa shape index (κ3) is 5.55. The van der Waals surface area contributed by atoms with Crippen molar-refractivity contribution in [2.75, 3.05) is 5.32 Å². The third-order valence-corrected chi connectivity index (χ3v) is 2.59. The summed E-state index contributed by atoms with van der Waals surface area (Å²) in [6.07, 6.45) is 1.91. The first-order valence-electron chi connectivity index (χ1n) is 7.06. The Balaban J connectivity index is 3.00. The first-order valence-corrected chi connectivity index (χ1v) is 7.06. The molecule has 1 aromatic rings. The number of anilines is 1. The normalized spacial score (nSPS) is 12.3. The Morgan fingerprint density at radius 1 is 1.16 bits per heavy atom. The Morgan fingerprint density at radius 3 is 2.26 bits per heavy atom. The second-order valence-electron chi connectivity index (χ2n) is 6.65. The van der Waals surface area contributed by atoms with Gasteiger partial charge in [-0.15, -0.1) is 0 Å². The molecule has 4 heteroatoms. The van der Waals surface area contributed by atoms with Gasteiger partial charge in [0, 0.05) is 24.0 Å². The molecule has 2 N–H and O–H groups in total. The van der Waals surface area contributed by atoms with E-state index in [1.807, 2.05) is 6.20 Å². The highest BCUT2D eigenvalue weighted by molar-refractivity contribution is 5.48. The molecule has 0 radical (unpaired) electrons. The maximum absolute atomic E-state index is 4.69. The van der Waals surface area contributed by atoms with Crippen molar-refractivity contribution in [1.29, 1.82) is 0 Å². The van der Waals surface area contributed by atoms with Crippen LogP contribution in [0.15, 0.2) is 6.20 Å². The van der Waals surface area contributed by atoms with Crippen molar-refractivity contribution in [2.24, 2.45) is 0 Å². The van der Waals surface area contributed by atoms with Crippen LogP contribution in [0.25, 0.3) is 0 Å². The van der Waals surface area contributed by atoms with Crippen molar-refractivity contribution in [2.45, 2.75) is 72.5 Å². The second kappa shape index (κ2) is 6.33. The van der Waals surface area contributed by atoms with Crippen LogP contribution in [0, 0.1) is 0 Å². The minimum absolute atomic E-state index is 0.00921. The van der Waals surface area contributed by atoms with Gasteiger partial charge in [0.25, 0.3) is 0 Å². The highest BCUT2D eigenvalue weighted by atomic mass is 15.0. The summed E-state index contributed by atoms with van der Waals surface area (Å²) in [4.78, 5) is 9.14. The van der Waals surface area contributed by atoms with Gasteiger partial charge in [-0.25, -0.2) is 9.97 Å². The summed E-state index contributed by atoms with van der Waals surface area (Å²) in [7, 11) is 0. The predicted molar refractivity (Wildman–Crippen MR) is 81.5 cm³/mol. The Labute approximate surface area is 117 Å². The molecule has 0 saturated carbocycles. The van der Waals surface area contributed by atoms with Crippen molar-refractivity contribution in [3.05, 3.63) is 17.7 Å². The largest absolute Gasteiger partial charge is 0.378 e. The van der Waals surface area contributed by atoms with E-state index >= 15 is 0 Å². The number of aromatic nitrogens is 2. The van der Waals surface area contributed by atoms with Crippen LogP contribution in [0.5, 0.6) is 0 Å². The van der Waals surface area contributed by atoms with Crippen LogP contribution in [0.4, 0.5) is 5.69 Å². The molecule has 0 aromatic carbocycles. The van der Waals surface area contributed by atoms with Crippen LogP contribution in [-0.2, 0) is 6.54 Å². The van der Waals surface area contributed by atoms with Crippen molar-refractivity contribution in [3.63, 3.8) is 0 Å². The summed E-state index contributed by atoms with van der Waals surface area (Å²) in [5, 5.41) is 6.90. The monoisotopic (exact) mass is 264 g/mol. The average Bonchev–Trinajstić information content (AvgIpc) is 2.25. The lowest BCUT2D eigenvalue weighted by atomic mass is 10.1. The Hall–Kier alpha value is -1.16. The quantitative estimate of drug-likeness (QED) is 0.856. The average molecular weight is 264 g/mol. The molecule has 0 unspecified atom stereocenters. The van der Waals surface area contributed by atoms with Gasteiger partial charge >= 0.3 is 0 Å². The maximum atomic E-state index is 4.69. The van der Waals surface area contributed by atoms with Crippen LogP contribution in [-0.4, -0.2) is 21.5 Å². The molecule has 0 aliphatic rings. The molecule has 1 heterocycles. The molecule has 4 nitrogen and oxygen atoms in total. The summed E-state index contributed by atoms with van der Waals surface area (Å²) in [6.45, 7) is 15.7. The Bertz CT molecular complexity index is 405. The number of nitrogens with one attached hydrogen (secondary N) is 2. The standard InChI is InChI=1S/C15H28N4/c1-10(2)14-17-9-13(19-15(5,6)7)12(18-14)8-16-11(3)4/h9-11,16,19H,8H2,1-7H3. The van der Waals surface area contributed by atoms with E-state index in [4.69, 9.17) is 4.98 Å². The maximum Gasteiger partial charge on any atom is 0.131 e. The summed E-state index contributed by atoms with van der Waals surface area (Å²) in [5.41, 5.74) is 2.07. The fourth-order valence-electron chi connectivity index (χ4n) is 1.65. The molecule has 1 rings (SSSR count). The van der Waals surface area contributed by atoms with E-state index in [2.05, 4.69) is 64.1 Å². The molecular weight excluding hydrogens is 236 g/mol. The van der Waals surface area contributed by atoms with E-state index in [9.17, 15) is 0 Å². The lowest BCUT2D eigenvalue weighted by molar-refractivity contribution is 0.573. The van der Waals surface area contributed by atoms with Crippen LogP contribution in [0.1, 0.15) is 65.9 Å². The van der Waals surface area contributed by atoms with Gasteiger partial charge in [0.2, 0.25) is 0 Å². The van der Waals surface area contributed by atoms with Gasteiger partial charge in [0.15, 0.2) is 0 Å². The fourth-order valence-corrected chi connectivity index (χ4v) is 1.65. The summed E-state index contributed by atoms with van der Waals surface area (Å²) in [6, 6.07) is 0.444. The van der Waals surface area contributed by atoms with Gasteiger partial charge < -0.3 is 10.6 Å². The minimum atomic E-state index is 0.00921. The summed E-state index contributed by atoms with van der Waals surface area (Å²) >= 11 is 0. The van der Waals surface area contributed by atoms with Crippen LogP contribution in [0.2, 0.25) is 0 Å². The zero-order chi connectivity index (χ0) is 14.6. The molecule has 0 spiro atoms. The molecule has 0 bridgehead atoms. The molecule has 0 saturated heterocycles. The van der Waals surface area contributed by atoms with Crippen molar-refractivity contribution >= 4 is 5.69 Å². The lowest BCUT2D eigenvalue weighted by Gasteiger charge is -2.24. The fraction of sp³-hybridized carbons (Fsp3) is 0.733. The Morgan fingerprint density at radius 2 is 1.79 bits per heavy atom. The number of nitrogens with zero attached hydrogens (tertiary/aromatic N) is 2. The molecule has 0 atom stereocenters. The number of rotatable bonds is 5. The molecule has 19 heavy (non-hydrogen) atoms. The van der Waals surface area contributed by atoms with Crippen LogP contribution in [0.3, 0.4) is 0 Å². The van der Waals surface area contributed by atoms with E-state index in [-0.39, 0.29) is 5.54 Å². The van der Waals surface area contributed by atoms with Crippen LogP contribution >= 0.6 is 0 Å². The van der Waals surface area contributed by atoms with Crippen molar-refractivity contribution in [3.8, 4) is 0 Å². The van der Waals surface area contributed by atoms with Gasteiger partial charge in [0.05, 0.1) is 17.6 Å². The highest BCUT2D eigenvalue weighted by Crippen LogP contribution is 2.20. The van der Waals surface area contributed by atoms with Crippen molar-refractivity contribution < 1.29 is 0 Å². The molecule has 0 amide bonds. The summed E-state index contributed by atoms with van der Waals surface area (Å²) < 4.78 is 0. The van der Waals surface area contributed by atoms with E-state index in [0.717, 1.165) is 23.8 Å². The molecule has 0 aliphatic heterocycles. The highest BCUT2D eigenvalue weighted by Gasteiger charge is 2.15. The first kappa shape index (κ1) is 15.9. The van der Waals surface area contributed by atoms with Gasteiger partial charge in [-0.1, -0.05) is 27.7 Å². The zero-order valence-corrected chi connectivity index (χ0v) is 13.3. The SMILES string of the molecule is CC(C)NCc1nc(C(C)C)ncc1NC(C)(C)C. The van der Waals surface area contributed by atoms with E-state index < -0.39 is 0 Å². The third-order valence-electron chi connectivity index (χ3n) is 2.59. The molecule has 108 valence electrons. The number of hydrogen-bond donors (Lipinski definition) is 2. The first-order chi connectivity index (χ1) is 8.69. The Kier molecular flexibility index (Phi) is 5.29. The van der Waals surface area contributed by atoms with E-state index in [1.54, 1.807) is 0 Å². The second-order valence-corrected chi connectivity index (χ2v) is 6.65. The van der Waals surface area contributed by atoms with Gasteiger partial charge in [-0.3, -0.25) is 0 Å². The number of hydrogen-bond acceptors (Lipinski definition) is 4. The zero-order valence-electron chi connectivity index (χ0n) is 13.3. The molecule has 0 aliphatic carbocycles. The summed E-state index contributed by atoms with van der Waals surface area (Å²) in [5.74, 6) is 1.25. The molecular formula is C15H28N4. The molecule has 1 aromatic heterocycles. The van der Waals surface area contributed by atoms with Crippen molar-refractivity contribution in [1.82, 2.24) is 15.3 Å². The minimum Gasteiger partial charge on any atom is -0.378 e. The smallest absolute Gasteiger partial charge is 0.131 e. The van der Waals surface area contributed by atoms with E-state index in [0.29, 0.717) is 12.0 Å². The van der Waals surface area contributed by atoms with Crippen LogP contribution < -0.4 is 10.6 Å². The van der Waals surface area contributed by atoms with Gasteiger partial charge in [-0.2, -0.15) is 0 Å². The van der Waals surface area contributed by atoms with E-state index in [1.165, 1.54) is 0 Å².